The molecule has 0 aromatic carbocycles. The molecule has 4 heterocycles. The maximum Gasteiger partial charge on any atom is 0.303 e. The van der Waals surface area contributed by atoms with Gasteiger partial charge in [0.2, 0.25) is 0 Å². The van der Waals surface area contributed by atoms with E-state index in [0.717, 1.165) is 0 Å². The Labute approximate surface area is 222 Å². The van der Waals surface area contributed by atoms with Gasteiger partial charge in [0, 0.05) is 13.3 Å². The van der Waals surface area contributed by atoms with Gasteiger partial charge in [-0.1, -0.05) is 20.8 Å². The number of hydrogen-bond acceptors (Lipinski definition) is 10. The third kappa shape index (κ3) is 6.41. The number of hydrogen-bond donors (Lipinski definition) is 0. The number of carbonyl (C=O) groups is 1. The van der Waals surface area contributed by atoms with Gasteiger partial charge in [-0.25, -0.2) is 0 Å². The molecule has 4 fully saturated rings. The van der Waals surface area contributed by atoms with Crippen molar-refractivity contribution in [2.24, 2.45) is 0 Å². The zero-order valence-corrected chi connectivity index (χ0v) is 25.2. The van der Waals surface area contributed by atoms with Crippen LogP contribution in [0, 0.1) is 0 Å². The Morgan fingerprint density at radius 1 is 0.946 bits per heavy atom. The van der Waals surface area contributed by atoms with Crippen LogP contribution in [-0.2, 0) is 47.1 Å². The quantitative estimate of drug-likeness (QED) is 0.361. The lowest BCUT2D eigenvalue weighted by molar-refractivity contribution is -0.287. The molecule has 0 amide bonds. The Balaban J connectivity index is 1.55. The molecular weight excluding hydrogens is 500 g/mol. The second kappa shape index (κ2) is 10.1. The maximum absolute atomic E-state index is 11.9. The van der Waals surface area contributed by atoms with Crippen LogP contribution in [0.4, 0.5) is 0 Å². The van der Waals surface area contributed by atoms with E-state index in [9.17, 15) is 4.79 Å². The smallest absolute Gasteiger partial charge is 0.303 e. The number of esters is 1. The standard InChI is InChI=1S/C26H46O10Si/c1-14-19(30-15(2)27)16(36-37(10,11)24(3,4)5)12-18(29-14)31-21-20(17-13-28-25(6,7)33-17)32-23-22(21)34-26(8,9)35-23/h14,16-23H,12-13H2,1-11H3/t14-,16-,17+,18-,19-,20+,21-,22+,23+/m0/s1. The van der Waals surface area contributed by atoms with E-state index in [2.05, 4.69) is 33.9 Å². The van der Waals surface area contributed by atoms with Gasteiger partial charge in [0.25, 0.3) is 0 Å². The minimum Gasteiger partial charge on any atom is -0.457 e. The summed E-state index contributed by atoms with van der Waals surface area (Å²) in [6, 6.07) is 0. The monoisotopic (exact) mass is 546 g/mol. The van der Waals surface area contributed by atoms with Crippen molar-refractivity contribution in [1.82, 2.24) is 0 Å². The summed E-state index contributed by atoms with van der Waals surface area (Å²) in [5.74, 6) is -1.88. The van der Waals surface area contributed by atoms with Crippen molar-refractivity contribution in [3.8, 4) is 0 Å². The molecule has 0 radical (unpaired) electrons. The van der Waals surface area contributed by atoms with Crippen molar-refractivity contribution in [2.75, 3.05) is 6.61 Å². The van der Waals surface area contributed by atoms with Crippen LogP contribution < -0.4 is 0 Å². The molecule has 0 bridgehead atoms. The molecule has 0 aromatic rings. The number of carbonyl (C=O) groups excluding carboxylic acids is 1. The van der Waals surface area contributed by atoms with Gasteiger partial charge in [-0.2, -0.15) is 0 Å². The molecule has 4 saturated heterocycles. The minimum absolute atomic E-state index is 0.0174. The predicted molar refractivity (Wildman–Crippen MR) is 135 cm³/mol. The number of rotatable bonds is 6. The molecule has 0 saturated carbocycles. The van der Waals surface area contributed by atoms with Gasteiger partial charge in [-0.15, -0.1) is 0 Å². The molecule has 214 valence electrons. The van der Waals surface area contributed by atoms with Crippen molar-refractivity contribution < 1.29 is 47.1 Å². The lowest BCUT2D eigenvalue weighted by atomic mass is 10.0. The fourth-order valence-electron chi connectivity index (χ4n) is 5.13. The maximum atomic E-state index is 11.9. The normalized spacial score (nSPS) is 41.5. The van der Waals surface area contributed by atoms with Crippen LogP contribution in [0.1, 0.15) is 68.7 Å². The van der Waals surface area contributed by atoms with Crippen LogP contribution in [0.25, 0.3) is 0 Å². The summed E-state index contributed by atoms with van der Waals surface area (Å²) in [4.78, 5) is 11.9. The molecule has 10 nitrogen and oxygen atoms in total. The molecule has 4 aliphatic heterocycles. The first kappa shape index (κ1) is 29.4. The zero-order valence-electron chi connectivity index (χ0n) is 24.2. The van der Waals surface area contributed by atoms with E-state index in [4.69, 9.17) is 42.3 Å². The highest BCUT2D eigenvalue weighted by atomic mass is 28.4. The van der Waals surface area contributed by atoms with Crippen molar-refractivity contribution in [3.05, 3.63) is 0 Å². The van der Waals surface area contributed by atoms with Crippen LogP contribution in [0.5, 0.6) is 0 Å². The molecule has 37 heavy (non-hydrogen) atoms. The number of fused-ring (bicyclic) bond motifs is 1. The van der Waals surface area contributed by atoms with Gasteiger partial charge in [-0.05, 0) is 52.8 Å². The first-order chi connectivity index (χ1) is 16.9. The molecule has 0 N–H and O–H groups in total. The van der Waals surface area contributed by atoms with Gasteiger partial charge in [0.05, 0.1) is 18.8 Å². The number of ether oxygens (including phenoxy) is 8. The van der Waals surface area contributed by atoms with Gasteiger partial charge >= 0.3 is 5.97 Å². The van der Waals surface area contributed by atoms with Crippen LogP contribution in [0.3, 0.4) is 0 Å². The lowest BCUT2D eigenvalue weighted by Crippen LogP contribution is -2.57. The van der Waals surface area contributed by atoms with Crippen LogP contribution in [0.2, 0.25) is 18.1 Å². The van der Waals surface area contributed by atoms with E-state index < -0.39 is 63.0 Å². The molecule has 4 rings (SSSR count). The van der Waals surface area contributed by atoms with Crippen molar-refractivity contribution in [3.63, 3.8) is 0 Å². The molecule has 0 aromatic heterocycles. The van der Waals surface area contributed by atoms with Crippen LogP contribution >= 0.6 is 0 Å². The van der Waals surface area contributed by atoms with E-state index in [1.165, 1.54) is 6.92 Å². The second-order valence-corrected chi connectivity index (χ2v) is 17.8. The summed E-state index contributed by atoms with van der Waals surface area (Å²) in [5, 5.41) is -0.0174. The highest BCUT2D eigenvalue weighted by molar-refractivity contribution is 6.74. The van der Waals surface area contributed by atoms with E-state index in [0.29, 0.717) is 13.0 Å². The Hall–Kier alpha value is -0.633. The Morgan fingerprint density at radius 3 is 2.19 bits per heavy atom. The molecular formula is C26H46O10Si. The van der Waals surface area contributed by atoms with Crippen LogP contribution in [-0.4, -0.2) is 87.8 Å². The fraction of sp³-hybridized carbons (Fsp3) is 0.962. The summed E-state index contributed by atoms with van der Waals surface area (Å²) in [7, 11) is -2.19. The Morgan fingerprint density at radius 2 is 1.62 bits per heavy atom. The van der Waals surface area contributed by atoms with Crippen LogP contribution in [0.15, 0.2) is 0 Å². The first-order valence-corrected chi connectivity index (χ1v) is 16.3. The summed E-state index contributed by atoms with van der Waals surface area (Å²) in [5.41, 5.74) is 0. The summed E-state index contributed by atoms with van der Waals surface area (Å²) in [6.45, 7) is 22.0. The van der Waals surface area contributed by atoms with E-state index in [1.807, 2.05) is 34.6 Å². The second-order valence-electron chi connectivity index (χ2n) is 13.0. The third-order valence-electron chi connectivity index (χ3n) is 7.91. The SMILES string of the molecule is CC(=O)O[C@H]1[C@H](C)O[C@@H](O[C@@H]2[C@H]3OC(C)(C)O[C@H]3O[C@@H]2[C@H]2COC(C)(C)O2)C[C@@H]1O[Si](C)(C)C(C)(C)C. The fourth-order valence-corrected chi connectivity index (χ4v) is 6.47. The van der Waals surface area contributed by atoms with E-state index >= 15 is 0 Å². The Kier molecular flexibility index (Phi) is 8.00. The Bertz CT molecular complexity index is 840. The third-order valence-corrected chi connectivity index (χ3v) is 12.4. The van der Waals surface area contributed by atoms with E-state index in [1.54, 1.807) is 0 Å². The predicted octanol–water partition coefficient (Wildman–Crippen LogP) is 3.86. The average Bonchev–Trinajstić information content (AvgIpc) is 3.33. The van der Waals surface area contributed by atoms with Crippen molar-refractivity contribution in [1.29, 1.82) is 0 Å². The molecule has 4 aliphatic rings. The van der Waals surface area contributed by atoms with Gasteiger partial charge < -0.3 is 42.3 Å². The zero-order chi connectivity index (χ0) is 27.6. The highest BCUT2D eigenvalue weighted by Gasteiger charge is 2.60. The highest BCUT2D eigenvalue weighted by Crippen LogP contribution is 2.44. The first-order valence-electron chi connectivity index (χ1n) is 13.4. The molecule has 11 heteroatoms. The van der Waals surface area contributed by atoms with Gasteiger partial charge in [-0.3, -0.25) is 4.79 Å². The lowest BCUT2D eigenvalue weighted by Gasteiger charge is -2.46. The molecule has 0 aliphatic carbocycles. The minimum atomic E-state index is -2.19. The van der Waals surface area contributed by atoms with E-state index in [-0.39, 0.29) is 23.2 Å². The van der Waals surface area contributed by atoms with Gasteiger partial charge in [0.1, 0.15) is 24.4 Å². The molecule has 9 atom stereocenters. The molecule has 0 spiro atoms. The summed E-state index contributed by atoms with van der Waals surface area (Å²) in [6.07, 6.45) is -3.98. The van der Waals surface area contributed by atoms with Crippen molar-refractivity contribution >= 4 is 14.3 Å². The average molecular weight is 547 g/mol. The molecule has 0 unspecified atom stereocenters. The summed E-state index contributed by atoms with van der Waals surface area (Å²) >= 11 is 0. The summed E-state index contributed by atoms with van der Waals surface area (Å²) < 4.78 is 55.7. The van der Waals surface area contributed by atoms with Gasteiger partial charge in [0.15, 0.2) is 38.6 Å². The van der Waals surface area contributed by atoms with Crippen molar-refractivity contribution in [2.45, 2.75) is 154 Å². The largest absolute Gasteiger partial charge is 0.457 e. The topological polar surface area (TPSA) is 100 Å².